The van der Waals surface area contributed by atoms with Crippen molar-refractivity contribution in [2.45, 2.75) is 6.92 Å². The van der Waals surface area contributed by atoms with Gasteiger partial charge in [-0.3, -0.25) is 14.9 Å². The molecule has 29 heavy (non-hydrogen) atoms. The lowest BCUT2D eigenvalue weighted by Crippen LogP contribution is -2.54. The van der Waals surface area contributed by atoms with Crippen molar-refractivity contribution in [3.8, 4) is 5.69 Å². The number of halogens is 1. The average molecular weight is 406 g/mol. The summed E-state index contributed by atoms with van der Waals surface area (Å²) in [5, 5.41) is 2.65. The number of hydrogen-bond acceptors (Lipinski definition) is 3. The van der Waals surface area contributed by atoms with Crippen molar-refractivity contribution in [2.75, 3.05) is 4.90 Å². The Morgan fingerprint density at radius 3 is 2.45 bits per heavy atom. The maximum Gasteiger partial charge on any atom is 0.335 e. The Balaban J connectivity index is 1.78. The van der Waals surface area contributed by atoms with Crippen LogP contribution in [0.4, 0.5) is 10.5 Å². The molecule has 4 rings (SSSR count). The zero-order valence-electron chi connectivity index (χ0n) is 15.4. The molecule has 3 aromatic rings. The third-order valence-electron chi connectivity index (χ3n) is 4.69. The van der Waals surface area contributed by atoms with E-state index in [1.165, 1.54) is 6.08 Å². The van der Waals surface area contributed by atoms with E-state index in [4.69, 9.17) is 11.6 Å². The molecule has 0 bridgehead atoms. The van der Waals surface area contributed by atoms with Gasteiger partial charge in [-0.2, -0.15) is 0 Å². The molecule has 1 aliphatic heterocycles. The zero-order chi connectivity index (χ0) is 20.5. The van der Waals surface area contributed by atoms with Crippen LogP contribution in [0.3, 0.4) is 0 Å². The summed E-state index contributed by atoms with van der Waals surface area (Å²) in [6.07, 6.45) is 3.31. The van der Waals surface area contributed by atoms with Gasteiger partial charge in [0.25, 0.3) is 11.8 Å². The number of urea groups is 1. The first kappa shape index (κ1) is 18.7. The Labute approximate surface area is 172 Å². The van der Waals surface area contributed by atoms with E-state index < -0.39 is 17.8 Å². The predicted octanol–water partition coefficient (Wildman–Crippen LogP) is 4.11. The topological polar surface area (TPSA) is 71.4 Å². The fraction of sp³-hybridized carbons (Fsp3) is 0.0455. The number of hydrogen-bond donors (Lipinski definition) is 1. The largest absolute Gasteiger partial charge is 0.335 e. The lowest BCUT2D eigenvalue weighted by atomic mass is 10.1. The molecule has 0 spiro atoms. The molecule has 0 saturated carbocycles. The van der Waals surface area contributed by atoms with E-state index in [9.17, 15) is 14.4 Å². The van der Waals surface area contributed by atoms with Crippen LogP contribution in [-0.2, 0) is 9.59 Å². The number of nitrogens with zero attached hydrogens (tertiary/aromatic N) is 2. The molecule has 6 nitrogen and oxygen atoms in total. The first-order valence-electron chi connectivity index (χ1n) is 8.86. The molecular formula is C22H16ClN3O3. The van der Waals surface area contributed by atoms with E-state index in [1.54, 1.807) is 31.2 Å². The second-order valence-corrected chi connectivity index (χ2v) is 6.89. The van der Waals surface area contributed by atoms with Crippen molar-refractivity contribution in [2.24, 2.45) is 0 Å². The van der Waals surface area contributed by atoms with E-state index >= 15 is 0 Å². The minimum Gasteiger partial charge on any atom is -0.317 e. The minimum absolute atomic E-state index is 0.139. The highest BCUT2D eigenvalue weighted by Crippen LogP contribution is 2.29. The first-order valence-corrected chi connectivity index (χ1v) is 9.24. The molecule has 1 aromatic heterocycles. The van der Waals surface area contributed by atoms with E-state index in [2.05, 4.69) is 5.32 Å². The van der Waals surface area contributed by atoms with E-state index in [1.807, 2.05) is 47.2 Å². The fourth-order valence-corrected chi connectivity index (χ4v) is 3.37. The van der Waals surface area contributed by atoms with Crippen molar-refractivity contribution in [3.63, 3.8) is 0 Å². The monoisotopic (exact) mass is 405 g/mol. The summed E-state index contributed by atoms with van der Waals surface area (Å²) < 4.78 is 1.85. The van der Waals surface area contributed by atoms with Crippen LogP contribution < -0.4 is 10.2 Å². The normalized spacial score (nSPS) is 15.7. The van der Waals surface area contributed by atoms with Gasteiger partial charge in [-0.15, -0.1) is 0 Å². The molecule has 4 amide bonds. The summed E-state index contributed by atoms with van der Waals surface area (Å²) >= 11 is 6.14. The number of anilines is 1. The molecule has 144 valence electrons. The summed E-state index contributed by atoms with van der Waals surface area (Å²) in [7, 11) is 0. The lowest BCUT2D eigenvalue weighted by Gasteiger charge is -2.27. The molecule has 0 aliphatic carbocycles. The van der Waals surface area contributed by atoms with Crippen LogP contribution >= 0.6 is 11.6 Å². The number of carbonyl (C=O) groups is 3. The number of aromatic nitrogens is 1. The molecule has 0 unspecified atom stereocenters. The van der Waals surface area contributed by atoms with Gasteiger partial charge in [0.05, 0.1) is 5.69 Å². The minimum atomic E-state index is -0.805. The number of rotatable bonds is 3. The third-order valence-corrected chi connectivity index (χ3v) is 5.10. The van der Waals surface area contributed by atoms with Crippen LogP contribution in [0.2, 0.25) is 5.02 Å². The molecule has 2 heterocycles. The van der Waals surface area contributed by atoms with Gasteiger partial charge in [-0.1, -0.05) is 35.9 Å². The van der Waals surface area contributed by atoms with Gasteiger partial charge >= 0.3 is 6.03 Å². The SMILES string of the molecule is Cc1c(Cl)cccc1N1C(=O)NC(=O)C(=Cc2cccn2-c2ccccc2)C1=O. The standard InChI is InChI=1S/C22H16ClN3O3/c1-14-18(23)10-5-11-19(14)26-21(28)17(20(27)24-22(26)29)13-16-9-6-12-25(16)15-7-3-2-4-8-15/h2-13H,1H3,(H,24,27,29). The summed E-state index contributed by atoms with van der Waals surface area (Å²) in [4.78, 5) is 38.9. The van der Waals surface area contributed by atoms with Crippen LogP contribution in [0.15, 0.2) is 72.4 Å². The maximum atomic E-state index is 13.1. The molecule has 0 atom stereocenters. The van der Waals surface area contributed by atoms with Gasteiger partial charge in [-0.05, 0) is 55.0 Å². The zero-order valence-corrected chi connectivity index (χ0v) is 16.2. The van der Waals surface area contributed by atoms with Crippen molar-refractivity contribution in [1.82, 2.24) is 9.88 Å². The number of benzene rings is 2. The summed E-state index contributed by atoms with van der Waals surface area (Å²) in [5.74, 6) is -1.44. The van der Waals surface area contributed by atoms with Crippen LogP contribution in [-0.4, -0.2) is 22.4 Å². The van der Waals surface area contributed by atoms with Crippen LogP contribution in [0.25, 0.3) is 11.8 Å². The molecular weight excluding hydrogens is 390 g/mol. The summed E-state index contributed by atoms with van der Waals surface area (Å²) in [6, 6.07) is 17.2. The molecule has 0 radical (unpaired) electrons. The smallest absolute Gasteiger partial charge is 0.317 e. The number of carbonyl (C=O) groups excluding carboxylic acids is 3. The second kappa shape index (κ2) is 7.41. The van der Waals surface area contributed by atoms with Gasteiger partial charge < -0.3 is 4.57 Å². The Morgan fingerprint density at radius 2 is 1.69 bits per heavy atom. The number of imide groups is 2. The Bertz CT molecular complexity index is 1170. The quantitative estimate of drug-likeness (QED) is 0.526. The van der Waals surface area contributed by atoms with Gasteiger partial charge in [0.1, 0.15) is 5.57 Å². The van der Waals surface area contributed by atoms with Crippen molar-refractivity contribution >= 4 is 41.2 Å². The second-order valence-electron chi connectivity index (χ2n) is 6.48. The third kappa shape index (κ3) is 3.34. The predicted molar refractivity (Wildman–Crippen MR) is 111 cm³/mol. The molecule has 7 heteroatoms. The molecule has 1 N–H and O–H groups in total. The first-order chi connectivity index (χ1) is 14.0. The van der Waals surface area contributed by atoms with Gasteiger partial charge in [0.15, 0.2) is 0 Å². The van der Waals surface area contributed by atoms with E-state index in [0.717, 1.165) is 10.6 Å². The number of nitrogens with one attached hydrogen (secondary N) is 1. The highest BCUT2D eigenvalue weighted by atomic mass is 35.5. The molecule has 1 fully saturated rings. The van der Waals surface area contributed by atoms with E-state index in [-0.39, 0.29) is 5.57 Å². The maximum absolute atomic E-state index is 13.1. The fourth-order valence-electron chi connectivity index (χ4n) is 3.20. The Hall–Kier alpha value is -3.64. The van der Waals surface area contributed by atoms with Gasteiger partial charge in [0, 0.05) is 22.6 Å². The van der Waals surface area contributed by atoms with Crippen molar-refractivity contribution in [1.29, 1.82) is 0 Å². The van der Waals surface area contributed by atoms with Crippen LogP contribution in [0.5, 0.6) is 0 Å². The van der Waals surface area contributed by atoms with Gasteiger partial charge in [-0.25, -0.2) is 9.69 Å². The highest BCUT2D eigenvalue weighted by molar-refractivity contribution is 6.39. The molecule has 1 aliphatic rings. The Kier molecular flexibility index (Phi) is 4.78. The average Bonchev–Trinajstić information content (AvgIpc) is 3.17. The number of amides is 4. The molecule has 1 saturated heterocycles. The van der Waals surface area contributed by atoms with Crippen LogP contribution in [0.1, 0.15) is 11.3 Å². The number of para-hydroxylation sites is 1. The molecule has 2 aromatic carbocycles. The van der Waals surface area contributed by atoms with Crippen LogP contribution in [0, 0.1) is 6.92 Å². The Morgan fingerprint density at radius 1 is 0.931 bits per heavy atom. The van der Waals surface area contributed by atoms with Gasteiger partial charge in [0.2, 0.25) is 0 Å². The number of barbiturate groups is 1. The summed E-state index contributed by atoms with van der Waals surface area (Å²) in [6.45, 7) is 1.71. The lowest BCUT2D eigenvalue weighted by molar-refractivity contribution is -0.122. The van der Waals surface area contributed by atoms with E-state index in [0.29, 0.717) is 22.0 Å². The summed E-state index contributed by atoms with van der Waals surface area (Å²) in [5.41, 5.74) is 2.27. The van der Waals surface area contributed by atoms with Crippen molar-refractivity contribution < 1.29 is 14.4 Å². The van der Waals surface area contributed by atoms with Crippen molar-refractivity contribution in [3.05, 3.63) is 88.7 Å². The highest BCUT2D eigenvalue weighted by Gasteiger charge is 2.37.